The number of methoxy groups -OCH3 is 1. The van der Waals surface area contributed by atoms with Gasteiger partial charge < -0.3 is 19.1 Å². The minimum Gasteiger partial charge on any atom is -0.383 e. The first-order valence-corrected chi connectivity index (χ1v) is 8.47. The number of nitrogens with zero attached hydrogens (tertiary/aromatic N) is 3. The second kappa shape index (κ2) is 8.09. The molecule has 0 saturated heterocycles. The molecule has 0 spiro atoms. The number of ether oxygens (including phenoxy) is 1. The second-order valence-electron chi connectivity index (χ2n) is 5.29. The number of aromatic nitrogens is 3. The Hall–Kier alpha value is -2.45. The van der Waals surface area contributed by atoms with Crippen LogP contribution >= 0.6 is 15.9 Å². The van der Waals surface area contributed by atoms with E-state index in [-0.39, 0.29) is 12.5 Å². The van der Waals surface area contributed by atoms with E-state index in [9.17, 15) is 4.79 Å². The zero-order valence-electron chi connectivity index (χ0n) is 13.6. The quantitative estimate of drug-likeness (QED) is 0.612. The van der Waals surface area contributed by atoms with E-state index in [1.54, 1.807) is 17.9 Å². The SMILES string of the molecule is COCCNC(=O)Cn1cccc1-c1nc(-c2ccc(Br)cc2)no1. The lowest BCUT2D eigenvalue weighted by Gasteiger charge is -2.07. The predicted molar refractivity (Wildman–Crippen MR) is 95.7 cm³/mol. The van der Waals surface area contributed by atoms with Gasteiger partial charge in [-0.05, 0) is 36.4 Å². The van der Waals surface area contributed by atoms with Gasteiger partial charge in [-0.3, -0.25) is 4.79 Å². The molecule has 3 aromatic rings. The summed E-state index contributed by atoms with van der Waals surface area (Å²) in [5.41, 5.74) is 1.55. The molecule has 1 aromatic carbocycles. The van der Waals surface area contributed by atoms with Gasteiger partial charge in [0.2, 0.25) is 11.7 Å². The first kappa shape index (κ1) is 17.4. The molecule has 2 aromatic heterocycles. The van der Waals surface area contributed by atoms with Gasteiger partial charge in [-0.1, -0.05) is 21.1 Å². The van der Waals surface area contributed by atoms with E-state index >= 15 is 0 Å². The smallest absolute Gasteiger partial charge is 0.274 e. The van der Waals surface area contributed by atoms with Crippen molar-refractivity contribution < 1.29 is 14.1 Å². The van der Waals surface area contributed by atoms with Crippen molar-refractivity contribution in [2.75, 3.05) is 20.3 Å². The third-order valence-corrected chi connectivity index (χ3v) is 4.05. The maximum atomic E-state index is 12.0. The minimum absolute atomic E-state index is 0.109. The highest BCUT2D eigenvalue weighted by Crippen LogP contribution is 2.23. The van der Waals surface area contributed by atoms with Crippen molar-refractivity contribution in [3.63, 3.8) is 0 Å². The van der Waals surface area contributed by atoms with Gasteiger partial charge in [0.05, 0.1) is 6.61 Å². The van der Waals surface area contributed by atoms with E-state index in [1.165, 1.54) is 0 Å². The number of carbonyl (C=O) groups excluding carboxylic acids is 1. The van der Waals surface area contributed by atoms with Crippen molar-refractivity contribution in [1.29, 1.82) is 0 Å². The van der Waals surface area contributed by atoms with Gasteiger partial charge in [0.1, 0.15) is 12.2 Å². The van der Waals surface area contributed by atoms with Crippen LogP contribution in [0.3, 0.4) is 0 Å². The van der Waals surface area contributed by atoms with E-state index in [0.29, 0.717) is 30.6 Å². The summed E-state index contributed by atoms with van der Waals surface area (Å²) in [6.07, 6.45) is 1.80. The fourth-order valence-electron chi connectivity index (χ4n) is 2.29. The van der Waals surface area contributed by atoms with Crippen LogP contribution in [0.2, 0.25) is 0 Å². The summed E-state index contributed by atoms with van der Waals surface area (Å²) < 4.78 is 13.0. The number of halogens is 1. The first-order chi connectivity index (χ1) is 12.2. The van der Waals surface area contributed by atoms with Crippen LogP contribution in [0.4, 0.5) is 0 Å². The van der Waals surface area contributed by atoms with Crippen LogP contribution < -0.4 is 5.32 Å². The summed E-state index contributed by atoms with van der Waals surface area (Å²) in [7, 11) is 1.59. The molecule has 0 saturated carbocycles. The third kappa shape index (κ3) is 4.34. The molecule has 130 valence electrons. The highest BCUT2D eigenvalue weighted by Gasteiger charge is 2.15. The Kier molecular flexibility index (Phi) is 5.62. The molecule has 8 heteroatoms. The van der Waals surface area contributed by atoms with Crippen LogP contribution in [0.1, 0.15) is 0 Å². The number of nitrogens with one attached hydrogen (secondary N) is 1. The van der Waals surface area contributed by atoms with Gasteiger partial charge in [0.25, 0.3) is 5.89 Å². The van der Waals surface area contributed by atoms with E-state index in [2.05, 4.69) is 31.4 Å². The molecule has 7 nitrogen and oxygen atoms in total. The van der Waals surface area contributed by atoms with Crippen molar-refractivity contribution >= 4 is 21.8 Å². The van der Waals surface area contributed by atoms with Crippen molar-refractivity contribution in [3.05, 3.63) is 47.1 Å². The molecule has 0 aliphatic heterocycles. The Morgan fingerprint density at radius 3 is 2.88 bits per heavy atom. The zero-order valence-corrected chi connectivity index (χ0v) is 15.2. The molecule has 0 aliphatic rings. The second-order valence-corrected chi connectivity index (χ2v) is 6.21. The largest absolute Gasteiger partial charge is 0.383 e. The lowest BCUT2D eigenvalue weighted by molar-refractivity contribution is -0.121. The number of hydrogen-bond donors (Lipinski definition) is 1. The molecule has 0 aliphatic carbocycles. The topological polar surface area (TPSA) is 82.2 Å². The van der Waals surface area contributed by atoms with Crippen LogP contribution in [0.5, 0.6) is 0 Å². The fourth-order valence-corrected chi connectivity index (χ4v) is 2.56. The zero-order chi connectivity index (χ0) is 17.6. The van der Waals surface area contributed by atoms with Crippen molar-refractivity contribution in [2.24, 2.45) is 0 Å². The molecule has 1 amide bonds. The van der Waals surface area contributed by atoms with Crippen LogP contribution in [-0.2, 0) is 16.1 Å². The molecule has 2 heterocycles. The monoisotopic (exact) mass is 404 g/mol. The molecule has 0 unspecified atom stereocenters. The van der Waals surface area contributed by atoms with E-state index in [1.807, 2.05) is 36.4 Å². The van der Waals surface area contributed by atoms with Crippen LogP contribution in [0.25, 0.3) is 23.0 Å². The van der Waals surface area contributed by atoms with Gasteiger partial charge >= 0.3 is 0 Å². The van der Waals surface area contributed by atoms with Crippen LogP contribution in [0.15, 0.2) is 51.6 Å². The summed E-state index contributed by atoms with van der Waals surface area (Å²) in [6, 6.07) is 11.3. The van der Waals surface area contributed by atoms with Gasteiger partial charge in [0.15, 0.2) is 0 Å². The van der Waals surface area contributed by atoms with Gasteiger partial charge in [-0.25, -0.2) is 0 Å². The Morgan fingerprint density at radius 1 is 1.32 bits per heavy atom. The molecular weight excluding hydrogens is 388 g/mol. The highest BCUT2D eigenvalue weighted by molar-refractivity contribution is 9.10. The normalized spacial score (nSPS) is 10.8. The predicted octanol–water partition coefficient (Wildman–Crippen LogP) is 2.73. The maximum Gasteiger partial charge on any atom is 0.274 e. The first-order valence-electron chi connectivity index (χ1n) is 7.68. The van der Waals surface area contributed by atoms with Gasteiger partial charge in [-0.2, -0.15) is 4.98 Å². The number of carbonyl (C=O) groups is 1. The molecule has 25 heavy (non-hydrogen) atoms. The van der Waals surface area contributed by atoms with Crippen molar-refractivity contribution in [3.8, 4) is 23.0 Å². The molecular formula is C17H17BrN4O3. The molecule has 0 radical (unpaired) electrons. The summed E-state index contributed by atoms with van der Waals surface area (Å²) in [5, 5.41) is 6.80. The lowest BCUT2D eigenvalue weighted by Crippen LogP contribution is -2.30. The standard InChI is InChI=1S/C17H17BrN4O3/c1-24-10-8-19-15(23)11-22-9-2-3-14(22)17-20-16(21-25-17)12-4-6-13(18)7-5-12/h2-7,9H,8,10-11H2,1H3,(H,19,23). The average molecular weight is 405 g/mol. The highest BCUT2D eigenvalue weighted by atomic mass is 79.9. The number of amides is 1. The van der Waals surface area contributed by atoms with E-state index in [4.69, 9.17) is 9.26 Å². The van der Waals surface area contributed by atoms with Crippen molar-refractivity contribution in [1.82, 2.24) is 20.0 Å². The number of rotatable bonds is 7. The summed E-state index contributed by atoms with van der Waals surface area (Å²) >= 11 is 3.40. The lowest BCUT2D eigenvalue weighted by atomic mass is 10.2. The minimum atomic E-state index is -0.109. The average Bonchev–Trinajstić information content (AvgIpc) is 3.25. The molecule has 0 atom stereocenters. The molecule has 3 rings (SSSR count). The van der Waals surface area contributed by atoms with Crippen LogP contribution in [-0.4, -0.2) is 40.9 Å². The fraction of sp³-hybridized carbons (Fsp3) is 0.235. The van der Waals surface area contributed by atoms with Crippen LogP contribution in [0, 0.1) is 0 Å². The molecule has 1 N–H and O–H groups in total. The Bertz CT molecular complexity index is 842. The van der Waals surface area contributed by atoms with E-state index < -0.39 is 0 Å². The summed E-state index contributed by atoms with van der Waals surface area (Å²) in [6.45, 7) is 1.12. The third-order valence-electron chi connectivity index (χ3n) is 3.52. The Balaban J connectivity index is 1.74. The molecule has 0 fully saturated rings. The Morgan fingerprint density at radius 2 is 2.12 bits per heavy atom. The van der Waals surface area contributed by atoms with E-state index in [0.717, 1.165) is 10.0 Å². The number of hydrogen-bond acceptors (Lipinski definition) is 5. The maximum absolute atomic E-state index is 12.0. The molecule has 0 bridgehead atoms. The summed E-state index contributed by atoms with van der Waals surface area (Å²) in [4.78, 5) is 16.4. The van der Waals surface area contributed by atoms with Gasteiger partial charge in [0, 0.05) is 29.9 Å². The van der Waals surface area contributed by atoms with Gasteiger partial charge in [-0.15, -0.1) is 0 Å². The summed E-state index contributed by atoms with van der Waals surface area (Å²) in [5.74, 6) is 0.759. The Labute approximate surface area is 153 Å². The number of benzene rings is 1. The van der Waals surface area contributed by atoms with Crippen molar-refractivity contribution in [2.45, 2.75) is 6.54 Å².